The van der Waals surface area contributed by atoms with E-state index in [1.165, 1.54) is 6.42 Å². The second kappa shape index (κ2) is 7.70. The third kappa shape index (κ3) is 3.47. The lowest BCUT2D eigenvalue weighted by molar-refractivity contribution is -0.123. The molecule has 2 aromatic rings. The van der Waals surface area contributed by atoms with Crippen molar-refractivity contribution in [3.8, 4) is 11.1 Å². The van der Waals surface area contributed by atoms with Gasteiger partial charge < -0.3 is 14.4 Å². The number of hydrogen-bond acceptors (Lipinski definition) is 5. The Morgan fingerprint density at radius 1 is 1.23 bits per heavy atom. The number of hydrogen-bond donors (Lipinski definition) is 2. The van der Waals surface area contributed by atoms with E-state index in [1.54, 1.807) is 0 Å². The van der Waals surface area contributed by atoms with Crippen molar-refractivity contribution in [2.45, 2.75) is 77.0 Å². The van der Waals surface area contributed by atoms with Crippen molar-refractivity contribution in [3.05, 3.63) is 35.2 Å². The molecule has 1 saturated carbocycles. The van der Waals surface area contributed by atoms with Crippen LogP contribution in [0.1, 0.15) is 69.9 Å². The lowest BCUT2D eigenvalue weighted by Crippen LogP contribution is -2.59. The van der Waals surface area contributed by atoms with Crippen LogP contribution in [0.15, 0.2) is 22.7 Å². The fraction of sp³-hybridized carbons (Fsp3) is 0.565. The summed E-state index contributed by atoms with van der Waals surface area (Å²) in [5.74, 6) is 0.746. The van der Waals surface area contributed by atoms with E-state index in [9.17, 15) is 9.35 Å². The van der Waals surface area contributed by atoms with E-state index in [1.807, 2.05) is 46.8 Å². The number of amides is 1. The number of benzene rings is 1. The number of fused-ring (bicyclic) bond motifs is 1. The molecule has 1 aliphatic carbocycles. The van der Waals surface area contributed by atoms with Gasteiger partial charge in [-0.3, -0.25) is 4.79 Å². The van der Waals surface area contributed by atoms with Crippen LogP contribution in [0.5, 0.6) is 0 Å². The fourth-order valence-electron chi connectivity index (χ4n) is 4.80. The molecule has 162 valence electrons. The van der Waals surface area contributed by atoms with Crippen LogP contribution in [-0.2, 0) is 21.7 Å². The van der Waals surface area contributed by atoms with Crippen LogP contribution >= 0.6 is 0 Å². The minimum Gasteiger partial charge on any atom is -0.598 e. The summed E-state index contributed by atoms with van der Waals surface area (Å²) in [6, 6.07) is 5.99. The first-order valence-electron chi connectivity index (χ1n) is 10.7. The van der Waals surface area contributed by atoms with Gasteiger partial charge in [-0.25, -0.2) is 0 Å². The highest BCUT2D eigenvalue weighted by Gasteiger charge is 2.56. The van der Waals surface area contributed by atoms with Gasteiger partial charge >= 0.3 is 0 Å². The average molecular weight is 430 g/mol. The molecule has 0 radical (unpaired) electrons. The molecule has 0 bridgehead atoms. The molecule has 6 nitrogen and oxygen atoms in total. The van der Waals surface area contributed by atoms with Crippen LogP contribution in [0.2, 0.25) is 0 Å². The summed E-state index contributed by atoms with van der Waals surface area (Å²) in [6.45, 7) is 9.60. The normalized spacial score (nSPS) is 23.3. The van der Waals surface area contributed by atoms with E-state index in [0.717, 1.165) is 59.5 Å². The van der Waals surface area contributed by atoms with E-state index in [2.05, 4.69) is 21.3 Å². The second-order valence-corrected chi connectivity index (χ2v) is 11.5. The third-order valence-corrected chi connectivity index (χ3v) is 8.02. The van der Waals surface area contributed by atoms with Gasteiger partial charge in [-0.1, -0.05) is 30.5 Å². The molecule has 1 aromatic carbocycles. The molecule has 0 saturated heterocycles. The Balaban J connectivity index is 1.87. The Labute approximate surface area is 181 Å². The van der Waals surface area contributed by atoms with Crippen molar-refractivity contribution in [2.75, 3.05) is 5.32 Å². The molecule has 0 spiro atoms. The Morgan fingerprint density at radius 2 is 1.93 bits per heavy atom. The van der Waals surface area contributed by atoms with Gasteiger partial charge in [0.2, 0.25) is 0 Å². The Morgan fingerprint density at radius 3 is 2.53 bits per heavy atom. The fourth-order valence-corrected chi connectivity index (χ4v) is 5.77. The van der Waals surface area contributed by atoms with Crippen LogP contribution in [0.25, 0.3) is 11.1 Å². The topological polar surface area (TPSA) is 90.2 Å². The molecule has 2 N–H and O–H groups in total. The highest BCUT2D eigenvalue weighted by atomic mass is 32.2. The van der Waals surface area contributed by atoms with Gasteiger partial charge in [0.25, 0.3) is 5.91 Å². The molecule has 2 atom stereocenters. The van der Waals surface area contributed by atoms with Crippen molar-refractivity contribution in [2.24, 2.45) is 5.92 Å². The van der Waals surface area contributed by atoms with E-state index < -0.39 is 21.6 Å². The summed E-state index contributed by atoms with van der Waals surface area (Å²) in [7, 11) is 0. The van der Waals surface area contributed by atoms with Crippen LogP contribution in [0.4, 0.5) is 5.69 Å². The van der Waals surface area contributed by atoms with Gasteiger partial charge in [0.05, 0.1) is 5.69 Å². The Bertz CT molecular complexity index is 940. The summed E-state index contributed by atoms with van der Waals surface area (Å²) in [5, 5.41) is 7.16. The molecule has 2 aliphatic rings. The van der Waals surface area contributed by atoms with Crippen LogP contribution in [-0.4, -0.2) is 20.4 Å². The van der Waals surface area contributed by atoms with E-state index in [-0.39, 0.29) is 11.8 Å². The van der Waals surface area contributed by atoms with Crippen LogP contribution < -0.4 is 10.0 Å². The van der Waals surface area contributed by atoms with Gasteiger partial charge in [-0.2, -0.15) is 0 Å². The molecule has 1 fully saturated rings. The van der Waals surface area contributed by atoms with Crippen molar-refractivity contribution >= 4 is 23.0 Å². The summed E-state index contributed by atoms with van der Waals surface area (Å²) in [6.07, 6.45) is 5.24. The predicted molar refractivity (Wildman–Crippen MR) is 119 cm³/mol. The summed E-state index contributed by atoms with van der Waals surface area (Å²) in [5.41, 5.74) is 3.41. The number of rotatable bonds is 4. The highest BCUT2D eigenvalue weighted by Crippen LogP contribution is 2.48. The standard InChI is InChI=1S/C23H31N3O3S/c1-14-20(15(2)29-25-14)16-11-12-19-18(13-16)23(21(27)24-19,17-9-7-6-8-10-17)26-30(28)22(3,4)5/h11-13,17,26H,6-10H2,1-5H3,(H,24,27). The van der Waals surface area contributed by atoms with Gasteiger partial charge in [0.1, 0.15) is 10.5 Å². The number of aromatic nitrogens is 1. The SMILES string of the molecule is Cc1noc(C)c1-c1ccc2c(c1)C(N[S+]([O-])C(C)(C)C)(C1CCCCC1)C(=O)N2. The molecule has 2 heterocycles. The van der Waals surface area contributed by atoms with E-state index in [4.69, 9.17) is 4.52 Å². The number of anilines is 1. The predicted octanol–water partition coefficient (Wildman–Crippen LogP) is 4.74. The summed E-state index contributed by atoms with van der Waals surface area (Å²) < 4.78 is 21.5. The molecule has 1 aromatic heterocycles. The Kier molecular flexibility index (Phi) is 5.49. The van der Waals surface area contributed by atoms with Crippen LogP contribution in [0.3, 0.4) is 0 Å². The Hall–Kier alpha value is -1.83. The third-order valence-electron chi connectivity index (χ3n) is 6.40. The molecule has 1 aliphatic heterocycles. The quantitative estimate of drug-likeness (QED) is 0.685. The molecular formula is C23H31N3O3S. The molecule has 2 unspecified atom stereocenters. The molecule has 30 heavy (non-hydrogen) atoms. The lowest BCUT2D eigenvalue weighted by Gasteiger charge is -2.40. The van der Waals surface area contributed by atoms with Crippen molar-refractivity contribution in [1.82, 2.24) is 9.88 Å². The second-order valence-electron chi connectivity index (χ2n) is 9.54. The molecule has 7 heteroatoms. The number of carbonyl (C=O) groups excluding carboxylic acids is 1. The molecule has 4 rings (SSSR count). The average Bonchev–Trinajstić information content (AvgIpc) is 3.18. The largest absolute Gasteiger partial charge is 0.598 e. The molecule has 1 amide bonds. The maximum atomic E-state index is 13.5. The summed E-state index contributed by atoms with van der Waals surface area (Å²) >= 11 is -1.39. The maximum absolute atomic E-state index is 13.5. The number of nitrogens with zero attached hydrogens (tertiary/aromatic N) is 1. The number of carbonyl (C=O) groups is 1. The summed E-state index contributed by atoms with van der Waals surface area (Å²) in [4.78, 5) is 13.5. The van der Waals surface area contributed by atoms with Gasteiger partial charge in [0, 0.05) is 28.2 Å². The maximum Gasteiger partial charge on any atom is 0.254 e. The minimum atomic E-state index is -1.39. The zero-order valence-corrected chi connectivity index (χ0v) is 19.2. The first-order chi connectivity index (χ1) is 14.1. The van der Waals surface area contributed by atoms with Gasteiger partial charge in [-0.05, 0) is 71.1 Å². The number of nitrogens with one attached hydrogen (secondary N) is 2. The van der Waals surface area contributed by atoms with Crippen molar-refractivity contribution in [1.29, 1.82) is 0 Å². The van der Waals surface area contributed by atoms with Crippen LogP contribution in [0, 0.1) is 19.8 Å². The minimum absolute atomic E-state index is 0.0960. The van der Waals surface area contributed by atoms with E-state index >= 15 is 0 Å². The smallest absolute Gasteiger partial charge is 0.254 e. The zero-order valence-electron chi connectivity index (χ0n) is 18.4. The lowest BCUT2D eigenvalue weighted by atomic mass is 9.72. The first-order valence-corrected chi connectivity index (χ1v) is 11.9. The van der Waals surface area contributed by atoms with Gasteiger partial charge in [-0.15, -0.1) is 4.72 Å². The number of aryl methyl sites for hydroxylation is 2. The monoisotopic (exact) mass is 429 g/mol. The van der Waals surface area contributed by atoms with Crippen molar-refractivity contribution < 1.29 is 13.9 Å². The molecular weight excluding hydrogens is 398 g/mol. The first kappa shape index (κ1) is 21.4. The van der Waals surface area contributed by atoms with E-state index in [0.29, 0.717) is 0 Å². The zero-order chi connectivity index (χ0) is 21.7. The van der Waals surface area contributed by atoms with Crippen molar-refractivity contribution in [3.63, 3.8) is 0 Å². The highest BCUT2D eigenvalue weighted by molar-refractivity contribution is 7.90. The van der Waals surface area contributed by atoms with Gasteiger partial charge in [0.15, 0.2) is 5.54 Å².